The molecule has 2 saturated carbocycles. The first kappa shape index (κ1) is 16.8. The van der Waals surface area contributed by atoms with Gasteiger partial charge < -0.3 is 5.32 Å². The van der Waals surface area contributed by atoms with Gasteiger partial charge in [0.25, 0.3) is 0 Å². The molecular formula is C20H38N2. The SMILES string of the molecule is CCCC1CC(NC2CCCCC2)CN(C(C)C2CCC2)C1. The van der Waals surface area contributed by atoms with Crippen molar-refractivity contribution in [2.24, 2.45) is 11.8 Å². The first-order valence-corrected chi connectivity index (χ1v) is 10.3. The molecule has 1 aliphatic heterocycles. The van der Waals surface area contributed by atoms with E-state index in [2.05, 4.69) is 24.1 Å². The Hall–Kier alpha value is -0.0800. The molecule has 1 heterocycles. The summed E-state index contributed by atoms with van der Waals surface area (Å²) in [7, 11) is 0. The number of hydrogen-bond donors (Lipinski definition) is 1. The van der Waals surface area contributed by atoms with E-state index in [4.69, 9.17) is 0 Å². The van der Waals surface area contributed by atoms with Crippen LogP contribution in [0.5, 0.6) is 0 Å². The van der Waals surface area contributed by atoms with E-state index in [1.54, 1.807) is 0 Å². The van der Waals surface area contributed by atoms with Gasteiger partial charge in [0.05, 0.1) is 0 Å². The number of piperidine rings is 1. The van der Waals surface area contributed by atoms with E-state index in [1.165, 1.54) is 83.7 Å². The standard InChI is InChI=1S/C20H38N2/c1-3-8-17-13-20(21-19-11-5-4-6-12-19)15-22(14-17)16(2)18-9-7-10-18/h16-21H,3-15H2,1-2H3. The zero-order valence-electron chi connectivity index (χ0n) is 15.0. The highest BCUT2D eigenvalue weighted by atomic mass is 15.2. The van der Waals surface area contributed by atoms with E-state index >= 15 is 0 Å². The first-order chi connectivity index (χ1) is 10.8. The molecule has 1 N–H and O–H groups in total. The van der Waals surface area contributed by atoms with Gasteiger partial charge in [-0.05, 0) is 57.3 Å². The Balaban J connectivity index is 1.56. The predicted molar refractivity (Wildman–Crippen MR) is 95.2 cm³/mol. The zero-order valence-corrected chi connectivity index (χ0v) is 15.0. The number of nitrogens with one attached hydrogen (secondary N) is 1. The molecule has 0 aromatic carbocycles. The van der Waals surface area contributed by atoms with Gasteiger partial charge in [0, 0.05) is 31.2 Å². The molecule has 3 rings (SSSR count). The zero-order chi connectivity index (χ0) is 15.4. The molecule has 2 nitrogen and oxygen atoms in total. The molecule has 0 aromatic heterocycles. The van der Waals surface area contributed by atoms with E-state index in [0.29, 0.717) is 0 Å². The molecule has 0 bridgehead atoms. The predicted octanol–water partition coefficient (Wildman–Crippen LogP) is 4.59. The van der Waals surface area contributed by atoms with E-state index in [-0.39, 0.29) is 0 Å². The normalized spacial score (nSPS) is 33.5. The Bertz CT molecular complexity index is 320. The van der Waals surface area contributed by atoms with Crippen LogP contribution >= 0.6 is 0 Å². The second-order valence-corrected chi connectivity index (χ2v) is 8.47. The molecular weight excluding hydrogens is 268 g/mol. The Labute approximate surface area is 138 Å². The molecule has 0 amide bonds. The fourth-order valence-corrected chi connectivity index (χ4v) is 5.13. The smallest absolute Gasteiger partial charge is 0.0200 e. The summed E-state index contributed by atoms with van der Waals surface area (Å²) in [6.45, 7) is 7.55. The lowest BCUT2D eigenvalue weighted by Gasteiger charge is -2.46. The fraction of sp³-hybridized carbons (Fsp3) is 1.00. The summed E-state index contributed by atoms with van der Waals surface area (Å²) < 4.78 is 0. The van der Waals surface area contributed by atoms with Crippen molar-refractivity contribution in [1.29, 1.82) is 0 Å². The monoisotopic (exact) mass is 306 g/mol. The third-order valence-corrected chi connectivity index (χ3v) is 6.75. The van der Waals surface area contributed by atoms with E-state index in [1.807, 2.05) is 0 Å². The summed E-state index contributed by atoms with van der Waals surface area (Å²) >= 11 is 0. The Morgan fingerprint density at radius 2 is 1.73 bits per heavy atom. The topological polar surface area (TPSA) is 15.3 Å². The van der Waals surface area contributed by atoms with Gasteiger partial charge in [0.15, 0.2) is 0 Å². The van der Waals surface area contributed by atoms with Crippen molar-refractivity contribution in [3.8, 4) is 0 Å². The fourth-order valence-electron chi connectivity index (χ4n) is 5.13. The third kappa shape index (κ3) is 4.26. The minimum Gasteiger partial charge on any atom is -0.310 e. The number of rotatable bonds is 6. The average molecular weight is 307 g/mol. The molecule has 2 heteroatoms. The highest BCUT2D eigenvalue weighted by Crippen LogP contribution is 2.34. The van der Waals surface area contributed by atoms with Crippen molar-refractivity contribution in [3.05, 3.63) is 0 Å². The summed E-state index contributed by atoms with van der Waals surface area (Å²) in [5.74, 6) is 1.93. The number of hydrogen-bond acceptors (Lipinski definition) is 2. The maximum atomic E-state index is 4.06. The Morgan fingerprint density at radius 3 is 2.36 bits per heavy atom. The van der Waals surface area contributed by atoms with Gasteiger partial charge in [0.2, 0.25) is 0 Å². The molecule has 3 unspecified atom stereocenters. The lowest BCUT2D eigenvalue weighted by molar-refractivity contribution is 0.0457. The van der Waals surface area contributed by atoms with Crippen molar-refractivity contribution in [3.63, 3.8) is 0 Å². The van der Waals surface area contributed by atoms with Crippen LogP contribution in [0.15, 0.2) is 0 Å². The van der Waals surface area contributed by atoms with Crippen molar-refractivity contribution < 1.29 is 0 Å². The largest absolute Gasteiger partial charge is 0.310 e. The first-order valence-electron chi connectivity index (χ1n) is 10.3. The van der Waals surface area contributed by atoms with Gasteiger partial charge in [0.1, 0.15) is 0 Å². The minimum atomic E-state index is 0.760. The molecule has 128 valence electrons. The van der Waals surface area contributed by atoms with Gasteiger partial charge >= 0.3 is 0 Å². The van der Waals surface area contributed by atoms with Gasteiger partial charge in [-0.2, -0.15) is 0 Å². The number of nitrogens with zero attached hydrogens (tertiary/aromatic N) is 1. The number of likely N-dealkylation sites (tertiary alicyclic amines) is 1. The molecule has 3 atom stereocenters. The van der Waals surface area contributed by atoms with E-state index in [0.717, 1.165) is 30.0 Å². The van der Waals surface area contributed by atoms with Crippen LogP contribution in [0.3, 0.4) is 0 Å². The maximum Gasteiger partial charge on any atom is 0.0200 e. The van der Waals surface area contributed by atoms with Crippen LogP contribution in [0.25, 0.3) is 0 Å². The average Bonchev–Trinajstić information content (AvgIpc) is 2.46. The Morgan fingerprint density at radius 1 is 0.955 bits per heavy atom. The van der Waals surface area contributed by atoms with Crippen LogP contribution in [-0.2, 0) is 0 Å². The highest BCUT2D eigenvalue weighted by Gasteiger charge is 2.35. The van der Waals surface area contributed by atoms with Crippen LogP contribution in [0, 0.1) is 11.8 Å². The van der Waals surface area contributed by atoms with Crippen molar-refractivity contribution >= 4 is 0 Å². The second-order valence-electron chi connectivity index (χ2n) is 8.47. The molecule has 3 fully saturated rings. The van der Waals surface area contributed by atoms with Crippen molar-refractivity contribution in [2.75, 3.05) is 13.1 Å². The third-order valence-electron chi connectivity index (χ3n) is 6.75. The van der Waals surface area contributed by atoms with Crippen molar-refractivity contribution in [2.45, 2.75) is 103 Å². The van der Waals surface area contributed by atoms with Crippen LogP contribution in [0.1, 0.15) is 84.5 Å². The summed E-state index contributed by atoms with van der Waals surface area (Å²) in [5.41, 5.74) is 0. The molecule has 0 aromatic rings. The van der Waals surface area contributed by atoms with Crippen LogP contribution in [-0.4, -0.2) is 36.1 Å². The summed E-state index contributed by atoms with van der Waals surface area (Å²) in [6.07, 6.45) is 15.9. The van der Waals surface area contributed by atoms with Gasteiger partial charge in [-0.3, -0.25) is 4.90 Å². The minimum absolute atomic E-state index is 0.760. The lowest BCUT2D eigenvalue weighted by atomic mass is 9.78. The molecule has 0 spiro atoms. The molecule has 0 radical (unpaired) electrons. The Kier molecular flexibility index (Phi) is 6.21. The molecule has 22 heavy (non-hydrogen) atoms. The second kappa shape index (κ2) is 8.15. The summed E-state index contributed by atoms with van der Waals surface area (Å²) in [4.78, 5) is 2.86. The summed E-state index contributed by atoms with van der Waals surface area (Å²) in [5, 5.41) is 4.06. The molecule has 2 aliphatic carbocycles. The van der Waals surface area contributed by atoms with Crippen LogP contribution in [0.4, 0.5) is 0 Å². The molecule has 3 aliphatic rings. The van der Waals surface area contributed by atoms with Gasteiger partial charge in [-0.1, -0.05) is 39.0 Å². The van der Waals surface area contributed by atoms with Gasteiger partial charge in [-0.25, -0.2) is 0 Å². The van der Waals surface area contributed by atoms with E-state index < -0.39 is 0 Å². The van der Waals surface area contributed by atoms with Crippen molar-refractivity contribution in [1.82, 2.24) is 10.2 Å². The molecule has 1 saturated heterocycles. The van der Waals surface area contributed by atoms with E-state index in [9.17, 15) is 0 Å². The van der Waals surface area contributed by atoms with Crippen LogP contribution < -0.4 is 5.32 Å². The lowest BCUT2D eigenvalue weighted by Crippen LogP contribution is -2.56. The maximum absolute atomic E-state index is 4.06. The quantitative estimate of drug-likeness (QED) is 0.772. The summed E-state index contributed by atoms with van der Waals surface area (Å²) in [6, 6.07) is 2.40. The van der Waals surface area contributed by atoms with Gasteiger partial charge in [-0.15, -0.1) is 0 Å². The van der Waals surface area contributed by atoms with Crippen LogP contribution in [0.2, 0.25) is 0 Å². The highest BCUT2D eigenvalue weighted by molar-refractivity contribution is 4.91.